The van der Waals surface area contributed by atoms with Crippen molar-refractivity contribution >= 4 is 17.4 Å². The van der Waals surface area contributed by atoms with Crippen molar-refractivity contribution in [1.29, 1.82) is 5.26 Å². The third kappa shape index (κ3) is 2.43. The van der Waals surface area contributed by atoms with Crippen LogP contribution in [0.5, 0.6) is 0 Å². The van der Waals surface area contributed by atoms with E-state index in [9.17, 15) is 0 Å². The van der Waals surface area contributed by atoms with Gasteiger partial charge in [-0.3, -0.25) is 0 Å². The molecule has 0 fully saturated rings. The number of nitrogens with zero attached hydrogens (tertiary/aromatic N) is 5. The number of nitrogens with one attached hydrogen (secondary N) is 2. The number of halogens is 1. The summed E-state index contributed by atoms with van der Waals surface area (Å²) in [6, 6.07) is 5.06. The average Bonchev–Trinajstić information content (AvgIpc) is 2.78. The van der Waals surface area contributed by atoms with Crippen LogP contribution in [0.3, 0.4) is 0 Å². The summed E-state index contributed by atoms with van der Waals surface area (Å²) in [5, 5.41) is 25.2. The van der Waals surface area contributed by atoms with Gasteiger partial charge < -0.3 is 5.32 Å². The first-order chi connectivity index (χ1) is 7.78. The van der Waals surface area contributed by atoms with Crippen LogP contribution in [-0.4, -0.2) is 25.6 Å². The summed E-state index contributed by atoms with van der Waals surface area (Å²) in [6.07, 6.45) is 0. The Bertz CT molecular complexity index is 516. The van der Waals surface area contributed by atoms with Crippen LogP contribution in [0.2, 0.25) is 5.15 Å². The van der Waals surface area contributed by atoms with Gasteiger partial charge in [0.1, 0.15) is 11.0 Å². The highest BCUT2D eigenvalue weighted by Crippen LogP contribution is 2.13. The molecule has 2 heterocycles. The SMILES string of the molecule is N#Cc1cc(Cl)nc(NCc2nn[nH]n2)c1. The highest BCUT2D eigenvalue weighted by molar-refractivity contribution is 6.29. The van der Waals surface area contributed by atoms with Gasteiger partial charge >= 0.3 is 0 Å². The molecule has 0 aliphatic carbocycles. The van der Waals surface area contributed by atoms with Gasteiger partial charge in [-0.2, -0.15) is 10.5 Å². The van der Waals surface area contributed by atoms with Gasteiger partial charge in [0.25, 0.3) is 0 Å². The third-order valence-electron chi connectivity index (χ3n) is 1.74. The van der Waals surface area contributed by atoms with Crippen LogP contribution < -0.4 is 5.32 Å². The molecule has 2 rings (SSSR count). The molecule has 0 aliphatic rings. The van der Waals surface area contributed by atoms with E-state index in [2.05, 4.69) is 30.9 Å². The maximum absolute atomic E-state index is 8.73. The fourth-order valence-corrected chi connectivity index (χ4v) is 1.29. The van der Waals surface area contributed by atoms with Gasteiger partial charge in [-0.05, 0) is 12.1 Å². The summed E-state index contributed by atoms with van der Waals surface area (Å²) in [7, 11) is 0. The van der Waals surface area contributed by atoms with E-state index in [0.717, 1.165) is 0 Å². The lowest BCUT2D eigenvalue weighted by Gasteiger charge is -2.03. The Morgan fingerprint density at radius 3 is 3.06 bits per heavy atom. The summed E-state index contributed by atoms with van der Waals surface area (Å²) in [5.41, 5.74) is 0.440. The van der Waals surface area contributed by atoms with Crippen LogP contribution >= 0.6 is 11.6 Å². The number of tetrazole rings is 1. The monoisotopic (exact) mass is 235 g/mol. The van der Waals surface area contributed by atoms with E-state index in [4.69, 9.17) is 16.9 Å². The van der Waals surface area contributed by atoms with Crippen LogP contribution in [0.25, 0.3) is 0 Å². The number of pyridine rings is 1. The molecule has 0 saturated carbocycles. The van der Waals surface area contributed by atoms with E-state index in [1.54, 1.807) is 6.07 Å². The molecule has 0 spiro atoms. The van der Waals surface area contributed by atoms with Gasteiger partial charge in [0.05, 0.1) is 18.2 Å². The van der Waals surface area contributed by atoms with Gasteiger partial charge in [0.2, 0.25) is 0 Å². The second-order valence-corrected chi connectivity index (χ2v) is 3.24. The van der Waals surface area contributed by atoms with Gasteiger partial charge in [-0.1, -0.05) is 16.8 Å². The zero-order valence-electron chi connectivity index (χ0n) is 7.98. The van der Waals surface area contributed by atoms with E-state index >= 15 is 0 Å². The lowest BCUT2D eigenvalue weighted by molar-refractivity contribution is 0.881. The topological polar surface area (TPSA) is 103 Å². The van der Waals surface area contributed by atoms with Crippen LogP contribution in [0.15, 0.2) is 12.1 Å². The van der Waals surface area contributed by atoms with Crippen LogP contribution in [0, 0.1) is 11.3 Å². The van der Waals surface area contributed by atoms with E-state index in [1.165, 1.54) is 6.07 Å². The van der Waals surface area contributed by atoms with Crippen molar-refractivity contribution in [1.82, 2.24) is 25.6 Å². The van der Waals surface area contributed by atoms with Crippen molar-refractivity contribution in [2.45, 2.75) is 6.54 Å². The zero-order chi connectivity index (χ0) is 11.4. The van der Waals surface area contributed by atoms with Crippen molar-refractivity contribution in [2.24, 2.45) is 0 Å². The molecule has 2 aromatic rings. The second-order valence-electron chi connectivity index (χ2n) is 2.86. The van der Waals surface area contributed by atoms with Crippen LogP contribution in [0.4, 0.5) is 5.82 Å². The summed E-state index contributed by atoms with van der Waals surface area (Å²) in [5.74, 6) is 0.995. The van der Waals surface area contributed by atoms with Gasteiger partial charge in [0.15, 0.2) is 5.82 Å². The molecule has 7 nitrogen and oxygen atoms in total. The van der Waals surface area contributed by atoms with E-state index in [1.807, 2.05) is 6.07 Å². The van der Waals surface area contributed by atoms with Crippen molar-refractivity contribution in [3.05, 3.63) is 28.7 Å². The fraction of sp³-hybridized carbons (Fsp3) is 0.125. The summed E-state index contributed by atoms with van der Waals surface area (Å²) >= 11 is 5.74. The molecule has 2 aromatic heterocycles. The number of aromatic nitrogens is 5. The summed E-state index contributed by atoms with van der Waals surface area (Å²) in [4.78, 5) is 4.00. The minimum Gasteiger partial charge on any atom is -0.363 e. The third-order valence-corrected chi connectivity index (χ3v) is 1.93. The highest BCUT2D eigenvalue weighted by atomic mass is 35.5. The Kier molecular flexibility index (Phi) is 2.93. The number of anilines is 1. The van der Waals surface area contributed by atoms with Crippen molar-refractivity contribution in [2.75, 3.05) is 5.32 Å². The van der Waals surface area contributed by atoms with Crippen molar-refractivity contribution in [3.63, 3.8) is 0 Å². The lowest BCUT2D eigenvalue weighted by Crippen LogP contribution is -2.03. The van der Waals surface area contributed by atoms with Gasteiger partial charge in [-0.25, -0.2) is 4.98 Å². The number of rotatable bonds is 3. The van der Waals surface area contributed by atoms with E-state index < -0.39 is 0 Å². The Morgan fingerprint density at radius 1 is 1.50 bits per heavy atom. The first kappa shape index (κ1) is 10.3. The predicted octanol–water partition coefficient (Wildman–Crippen LogP) is 0.732. The number of H-pyrrole nitrogens is 1. The summed E-state index contributed by atoms with van der Waals surface area (Å²) in [6.45, 7) is 0.356. The Hall–Kier alpha value is -2.20. The number of hydrogen-bond acceptors (Lipinski definition) is 6. The summed E-state index contributed by atoms with van der Waals surface area (Å²) < 4.78 is 0. The van der Waals surface area contributed by atoms with E-state index in [0.29, 0.717) is 23.8 Å². The molecule has 8 heteroatoms. The fourth-order valence-electron chi connectivity index (χ4n) is 1.08. The predicted molar refractivity (Wildman–Crippen MR) is 55.5 cm³/mol. The molecule has 16 heavy (non-hydrogen) atoms. The molecule has 0 radical (unpaired) electrons. The van der Waals surface area contributed by atoms with Crippen molar-refractivity contribution in [3.8, 4) is 6.07 Å². The van der Waals surface area contributed by atoms with Gasteiger partial charge in [-0.15, -0.1) is 10.2 Å². The minimum absolute atomic E-state index is 0.259. The number of nitriles is 1. The smallest absolute Gasteiger partial charge is 0.193 e. The van der Waals surface area contributed by atoms with Crippen molar-refractivity contribution < 1.29 is 0 Å². The Labute approximate surface area is 95.5 Å². The molecule has 0 aliphatic heterocycles. The minimum atomic E-state index is 0.259. The zero-order valence-corrected chi connectivity index (χ0v) is 8.73. The first-order valence-corrected chi connectivity index (χ1v) is 4.69. The van der Waals surface area contributed by atoms with Crippen LogP contribution in [-0.2, 0) is 6.54 Å². The second kappa shape index (κ2) is 4.55. The molecule has 80 valence electrons. The number of aromatic amines is 1. The quantitative estimate of drug-likeness (QED) is 0.761. The number of hydrogen-bond donors (Lipinski definition) is 2. The molecule has 0 aromatic carbocycles. The molecule has 0 saturated heterocycles. The first-order valence-electron chi connectivity index (χ1n) is 4.32. The highest BCUT2D eigenvalue weighted by Gasteiger charge is 2.02. The maximum atomic E-state index is 8.73. The molecular formula is C8H6ClN7. The Balaban J connectivity index is 2.10. The van der Waals surface area contributed by atoms with Gasteiger partial charge in [0, 0.05) is 0 Å². The maximum Gasteiger partial charge on any atom is 0.193 e. The van der Waals surface area contributed by atoms with Crippen LogP contribution in [0.1, 0.15) is 11.4 Å². The largest absolute Gasteiger partial charge is 0.363 e. The molecule has 0 amide bonds. The standard InChI is InChI=1S/C8H6ClN7/c9-6-1-5(3-10)2-7(12-6)11-4-8-13-15-16-14-8/h1-2H,4H2,(H,11,12)(H,13,14,15,16). The average molecular weight is 236 g/mol. The lowest BCUT2D eigenvalue weighted by atomic mass is 10.3. The Morgan fingerprint density at radius 2 is 2.38 bits per heavy atom. The molecule has 2 N–H and O–H groups in total. The molecule has 0 atom stereocenters. The normalized spacial score (nSPS) is 9.75. The molecule has 0 bridgehead atoms. The molecule has 0 unspecified atom stereocenters. The molecular weight excluding hydrogens is 230 g/mol. The van der Waals surface area contributed by atoms with E-state index in [-0.39, 0.29) is 5.15 Å².